The van der Waals surface area contributed by atoms with Crippen LogP contribution in [0.3, 0.4) is 0 Å². The number of carbonyl (C=O) groups is 3. The number of rotatable bonds is 5. The van der Waals surface area contributed by atoms with Crippen molar-refractivity contribution in [3.63, 3.8) is 0 Å². The quantitative estimate of drug-likeness (QED) is 0.617. The van der Waals surface area contributed by atoms with E-state index in [0.717, 1.165) is 17.7 Å². The molecule has 0 bridgehead atoms. The molecule has 0 saturated heterocycles. The van der Waals surface area contributed by atoms with Crippen LogP contribution >= 0.6 is 0 Å². The Kier molecular flexibility index (Phi) is 5.32. The van der Waals surface area contributed by atoms with Crippen LogP contribution in [0.1, 0.15) is 32.3 Å². The zero-order valence-electron chi connectivity index (χ0n) is 13.3. The lowest BCUT2D eigenvalue weighted by Gasteiger charge is -2.24. The van der Waals surface area contributed by atoms with Crippen LogP contribution in [0.15, 0.2) is 42.5 Å². The topological polar surface area (TPSA) is 69.7 Å². The van der Waals surface area contributed by atoms with Gasteiger partial charge in [-0.15, -0.1) is 0 Å². The van der Waals surface area contributed by atoms with E-state index >= 15 is 0 Å². The molecule has 0 aromatic heterocycles. The molecule has 1 aliphatic rings. The summed E-state index contributed by atoms with van der Waals surface area (Å²) in [6.45, 7) is 3.90. The fourth-order valence-electron chi connectivity index (χ4n) is 2.44. The van der Waals surface area contributed by atoms with Crippen molar-refractivity contribution in [2.75, 3.05) is 0 Å². The highest BCUT2D eigenvalue weighted by Gasteiger charge is 2.43. The third-order valence-corrected chi connectivity index (χ3v) is 3.83. The highest BCUT2D eigenvalue weighted by Crippen LogP contribution is 2.37. The Morgan fingerprint density at radius 2 is 1.83 bits per heavy atom. The molecular formula is C18H20O5. The van der Waals surface area contributed by atoms with Gasteiger partial charge in [0.1, 0.15) is 6.61 Å². The first-order chi connectivity index (χ1) is 10.9. The minimum absolute atomic E-state index is 0.0802. The molecule has 0 amide bonds. The average molecular weight is 316 g/mol. The van der Waals surface area contributed by atoms with Gasteiger partial charge in [-0.3, -0.25) is 4.79 Å². The number of esters is 2. The average Bonchev–Trinajstić information content (AvgIpc) is 2.79. The lowest BCUT2D eigenvalue weighted by Crippen LogP contribution is -2.33. The van der Waals surface area contributed by atoms with Gasteiger partial charge in [0.15, 0.2) is 11.9 Å². The Morgan fingerprint density at radius 1 is 1.17 bits per heavy atom. The van der Waals surface area contributed by atoms with E-state index in [9.17, 15) is 14.4 Å². The van der Waals surface area contributed by atoms with Crippen LogP contribution in [0.4, 0.5) is 0 Å². The highest BCUT2D eigenvalue weighted by molar-refractivity contribution is 5.94. The van der Waals surface area contributed by atoms with Gasteiger partial charge in [0, 0.05) is 24.0 Å². The fraction of sp³-hybridized carbons (Fsp3) is 0.389. The molecule has 122 valence electrons. The van der Waals surface area contributed by atoms with E-state index in [1.807, 2.05) is 44.2 Å². The first-order valence-electron chi connectivity index (χ1n) is 7.50. The first-order valence-corrected chi connectivity index (χ1v) is 7.50. The zero-order chi connectivity index (χ0) is 16.9. The van der Waals surface area contributed by atoms with Crippen LogP contribution in [0.25, 0.3) is 0 Å². The molecule has 1 saturated carbocycles. The molecular weight excluding hydrogens is 296 g/mol. The van der Waals surface area contributed by atoms with Crippen LogP contribution in [0, 0.1) is 5.41 Å². The highest BCUT2D eigenvalue weighted by atomic mass is 16.5. The Labute approximate surface area is 135 Å². The van der Waals surface area contributed by atoms with Crippen LogP contribution in [-0.4, -0.2) is 23.8 Å². The summed E-state index contributed by atoms with van der Waals surface area (Å²) in [6, 6.07) is 9.22. The summed E-state index contributed by atoms with van der Waals surface area (Å²) >= 11 is 0. The summed E-state index contributed by atoms with van der Waals surface area (Å²) in [5.74, 6) is -1.43. The largest absolute Gasteiger partial charge is 0.458 e. The molecule has 0 N–H and O–H groups in total. The number of hydrogen-bond acceptors (Lipinski definition) is 5. The Balaban J connectivity index is 1.81. The van der Waals surface area contributed by atoms with Crippen molar-refractivity contribution >= 4 is 17.7 Å². The Bertz CT molecular complexity index is 616. The predicted molar refractivity (Wildman–Crippen MR) is 83.3 cm³/mol. The van der Waals surface area contributed by atoms with Gasteiger partial charge >= 0.3 is 11.9 Å². The molecule has 1 unspecified atom stereocenters. The van der Waals surface area contributed by atoms with Crippen LogP contribution in [0.2, 0.25) is 0 Å². The van der Waals surface area contributed by atoms with Crippen LogP contribution in [0.5, 0.6) is 0 Å². The van der Waals surface area contributed by atoms with Crippen molar-refractivity contribution in [2.24, 2.45) is 5.41 Å². The summed E-state index contributed by atoms with van der Waals surface area (Å²) in [4.78, 5) is 35.0. The second kappa shape index (κ2) is 7.22. The van der Waals surface area contributed by atoms with Gasteiger partial charge in [0.05, 0.1) is 0 Å². The minimum atomic E-state index is -0.750. The van der Waals surface area contributed by atoms with Gasteiger partial charge < -0.3 is 9.47 Å². The predicted octanol–water partition coefficient (Wildman–Crippen LogP) is 2.59. The third-order valence-electron chi connectivity index (χ3n) is 3.83. The Hall–Kier alpha value is -2.43. The molecule has 0 aliphatic heterocycles. The van der Waals surface area contributed by atoms with Gasteiger partial charge in [-0.25, -0.2) is 9.59 Å². The lowest BCUT2D eigenvalue weighted by molar-refractivity contribution is -0.153. The van der Waals surface area contributed by atoms with E-state index in [1.54, 1.807) is 0 Å². The van der Waals surface area contributed by atoms with E-state index in [0.29, 0.717) is 12.8 Å². The molecule has 1 fully saturated rings. The van der Waals surface area contributed by atoms with Crippen LogP contribution in [-0.2, 0) is 30.5 Å². The van der Waals surface area contributed by atoms with E-state index < -0.39 is 18.0 Å². The first kappa shape index (κ1) is 16.9. The van der Waals surface area contributed by atoms with Crippen molar-refractivity contribution < 1.29 is 23.9 Å². The standard InChI is InChI=1S/C18H20O5/c1-18(2)11-10-14(19)17(18)23-16(21)9-8-15(20)22-12-13-6-4-3-5-7-13/h3-9,17H,10-12H2,1-2H3/b9-8+. The van der Waals surface area contributed by atoms with Gasteiger partial charge in [0.2, 0.25) is 0 Å². The van der Waals surface area contributed by atoms with Crippen molar-refractivity contribution in [3.05, 3.63) is 48.0 Å². The molecule has 1 aromatic rings. The molecule has 0 spiro atoms. The maximum atomic E-state index is 11.7. The van der Waals surface area contributed by atoms with Gasteiger partial charge in [-0.05, 0) is 12.0 Å². The molecule has 23 heavy (non-hydrogen) atoms. The van der Waals surface area contributed by atoms with Gasteiger partial charge in [-0.1, -0.05) is 44.2 Å². The number of Topliss-reactive ketones (excluding diaryl/α,β-unsaturated/α-hetero) is 1. The Morgan fingerprint density at radius 3 is 2.43 bits per heavy atom. The molecule has 5 heteroatoms. The summed E-state index contributed by atoms with van der Waals surface area (Å²) in [5.41, 5.74) is 0.490. The van der Waals surface area contributed by atoms with Gasteiger partial charge in [0.25, 0.3) is 0 Å². The van der Waals surface area contributed by atoms with Crippen LogP contribution < -0.4 is 0 Å². The van der Waals surface area contributed by atoms with E-state index in [4.69, 9.17) is 9.47 Å². The molecule has 1 aliphatic carbocycles. The second-order valence-electron chi connectivity index (χ2n) is 6.20. The third kappa shape index (κ3) is 4.77. The summed E-state index contributed by atoms with van der Waals surface area (Å²) < 4.78 is 10.2. The van der Waals surface area contributed by atoms with Crippen molar-refractivity contribution in [1.82, 2.24) is 0 Å². The van der Waals surface area contributed by atoms with E-state index in [-0.39, 0.29) is 17.8 Å². The number of benzene rings is 1. The summed E-state index contributed by atoms with van der Waals surface area (Å²) in [6.07, 6.45) is 2.35. The van der Waals surface area contributed by atoms with Crippen molar-refractivity contribution in [3.8, 4) is 0 Å². The maximum absolute atomic E-state index is 11.7. The van der Waals surface area contributed by atoms with Gasteiger partial charge in [-0.2, -0.15) is 0 Å². The molecule has 1 aromatic carbocycles. The summed E-state index contributed by atoms with van der Waals surface area (Å²) in [7, 11) is 0. The number of ether oxygens (including phenoxy) is 2. The van der Waals surface area contributed by atoms with E-state index in [1.165, 1.54) is 0 Å². The number of ketones is 1. The normalized spacial score (nSPS) is 19.7. The molecule has 2 rings (SSSR count). The zero-order valence-corrected chi connectivity index (χ0v) is 13.3. The minimum Gasteiger partial charge on any atom is -0.458 e. The summed E-state index contributed by atoms with van der Waals surface area (Å²) in [5, 5.41) is 0. The maximum Gasteiger partial charge on any atom is 0.331 e. The lowest BCUT2D eigenvalue weighted by atomic mass is 9.89. The molecule has 1 atom stereocenters. The molecule has 5 nitrogen and oxygen atoms in total. The second-order valence-corrected chi connectivity index (χ2v) is 6.20. The number of carbonyl (C=O) groups excluding carboxylic acids is 3. The number of hydrogen-bond donors (Lipinski definition) is 0. The van der Waals surface area contributed by atoms with E-state index in [2.05, 4.69) is 0 Å². The van der Waals surface area contributed by atoms with Crippen molar-refractivity contribution in [1.29, 1.82) is 0 Å². The molecule has 0 heterocycles. The monoisotopic (exact) mass is 316 g/mol. The molecule has 0 radical (unpaired) electrons. The smallest absolute Gasteiger partial charge is 0.331 e. The fourth-order valence-corrected chi connectivity index (χ4v) is 2.44. The SMILES string of the molecule is CC1(C)CCC(=O)C1OC(=O)/C=C/C(=O)OCc1ccccc1. The van der Waals surface area contributed by atoms with Crippen molar-refractivity contribution in [2.45, 2.75) is 39.4 Å².